The number of carbonyl (C=O) groups is 1. The second-order valence-electron chi connectivity index (χ2n) is 4.78. The minimum atomic E-state index is 0.0483. The van der Waals surface area contributed by atoms with Crippen molar-refractivity contribution in [2.75, 3.05) is 25.4 Å². The van der Waals surface area contributed by atoms with Gasteiger partial charge in [-0.25, -0.2) is 0 Å². The van der Waals surface area contributed by atoms with Gasteiger partial charge in [-0.3, -0.25) is 4.79 Å². The van der Waals surface area contributed by atoms with Crippen molar-refractivity contribution >= 4 is 11.6 Å². The van der Waals surface area contributed by atoms with Gasteiger partial charge in [0.2, 0.25) is 0 Å². The summed E-state index contributed by atoms with van der Waals surface area (Å²) < 4.78 is 5.57. The number of nitrogens with zero attached hydrogens (tertiary/aromatic N) is 1. The van der Waals surface area contributed by atoms with Gasteiger partial charge >= 0.3 is 0 Å². The third-order valence-corrected chi connectivity index (χ3v) is 3.23. The van der Waals surface area contributed by atoms with Crippen LogP contribution in [0.3, 0.4) is 0 Å². The molecule has 0 bridgehead atoms. The van der Waals surface area contributed by atoms with Gasteiger partial charge in [0.1, 0.15) is 0 Å². The lowest BCUT2D eigenvalue weighted by atomic mass is 10.1. The molecule has 98 valence electrons. The number of benzene rings is 1. The van der Waals surface area contributed by atoms with Crippen molar-refractivity contribution in [1.82, 2.24) is 4.90 Å². The highest BCUT2D eigenvalue weighted by Gasteiger charge is 2.24. The summed E-state index contributed by atoms with van der Waals surface area (Å²) in [5.74, 6) is 0.0483. The molecule has 4 heteroatoms. The lowest BCUT2D eigenvalue weighted by Crippen LogP contribution is -2.45. The predicted octanol–water partition coefficient (Wildman–Crippen LogP) is 1.83. The van der Waals surface area contributed by atoms with Gasteiger partial charge in [0, 0.05) is 24.3 Å². The van der Waals surface area contributed by atoms with Crippen LogP contribution < -0.4 is 5.73 Å². The Bertz CT molecular complexity index is 425. The van der Waals surface area contributed by atoms with E-state index in [1.54, 1.807) is 6.07 Å². The van der Waals surface area contributed by atoms with Gasteiger partial charge in [-0.05, 0) is 37.1 Å². The molecule has 0 spiro atoms. The molecule has 1 amide bonds. The number of nitrogen functional groups attached to an aromatic ring is 1. The van der Waals surface area contributed by atoms with E-state index in [2.05, 4.69) is 6.92 Å². The third kappa shape index (κ3) is 2.82. The Hall–Kier alpha value is -1.55. The second-order valence-corrected chi connectivity index (χ2v) is 4.78. The van der Waals surface area contributed by atoms with E-state index in [9.17, 15) is 4.79 Å². The Morgan fingerprint density at radius 1 is 1.50 bits per heavy atom. The Labute approximate surface area is 108 Å². The van der Waals surface area contributed by atoms with Gasteiger partial charge < -0.3 is 15.4 Å². The van der Waals surface area contributed by atoms with Crippen LogP contribution in [0.4, 0.5) is 5.69 Å². The number of nitrogens with two attached hydrogens (primary N) is 1. The van der Waals surface area contributed by atoms with Gasteiger partial charge in [0.25, 0.3) is 5.91 Å². The van der Waals surface area contributed by atoms with E-state index < -0.39 is 0 Å². The van der Waals surface area contributed by atoms with Gasteiger partial charge in [0.15, 0.2) is 0 Å². The zero-order valence-electron chi connectivity index (χ0n) is 11.0. The fraction of sp³-hybridized carbons (Fsp3) is 0.500. The van der Waals surface area contributed by atoms with Crippen LogP contribution in [0, 0.1) is 6.92 Å². The maximum atomic E-state index is 12.4. The van der Waals surface area contributed by atoms with Gasteiger partial charge in [-0.1, -0.05) is 6.92 Å². The molecule has 1 atom stereocenters. The summed E-state index contributed by atoms with van der Waals surface area (Å²) in [5.41, 5.74) is 8.11. The SMILES string of the molecule is CCC1CN(C(=O)c2cc(C)cc(N)c2)CCO1. The number of hydrogen-bond acceptors (Lipinski definition) is 3. The number of ether oxygens (including phenoxy) is 1. The van der Waals surface area contributed by atoms with Crippen molar-refractivity contribution in [3.8, 4) is 0 Å². The monoisotopic (exact) mass is 248 g/mol. The number of anilines is 1. The molecule has 1 aromatic rings. The smallest absolute Gasteiger partial charge is 0.254 e. The summed E-state index contributed by atoms with van der Waals surface area (Å²) in [4.78, 5) is 14.2. The van der Waals surface area contributed by atoms with Crippen molar-refractivity contribution in [2.24, 2.45) is 0 Å². The van der Waals surface area contributed by atoms with Crippen molar-refractivity contribution in [3.05, 3.63) is 29.3 Å². The summed E-state index contributed by atoms with van der Waals surface area (Å²) in [7, 11) is 0. The second kappa shape index (κ2) is 5.40. The lowest BCUT2D eigenvalue weighted by Gasteiger charge is -2.32. The minimum Gasteiger partial charge on any atom is -0.399 e. The normalized spacial score (nSPS) is 19.9. The molecular formula is C14H20N2O2. The summed E-state index contributed by atoms with van der Waals surface area (Å²) >= 11 is 0. The molecule has 0 aromatic heterocycles. The van der Waals surface area contributed by atoms with Crippen LogP contribution in [-0.4, -0.2) is 36.6 Å². The molecule has 18 heavy (non-hydrogen) atoms. The van der Waals surface area contributed by atoms with Crippen molar-refractivity contribution in [1.29, 1.82) is 0 Å². The summed E-state index contributed by atoms with van der Waals surface area (Å²) in [6.07, 6.45) is 1.09. The fourth-order valence-corrected chi connectivity index (χ4v) is 2.27. The Morgan fingerprint density at radius 3 is 2.94 bits per heavy atom. The molecule has 1 fully saturated rings. The van der Waals surface area contributed by atoms with Gasteiger partial charge in [0.05, 0.1) is 12.7 Å². The molecule has 1 unspecified atom stereocenters. The largest absolute Gasteiger partial charge is 0.399 e. The molecule has 0 aliphatic carbocycles. The van der Waals surface area contributed by atoms with Crippen LogP contribution in [0.2, 0.25) is 0 Å². The molecule has 2 rings (SSSR count). The Kier molecular flexibility index (Phi) is 3.87. The number of aryl methyl sites for hydroxylation is 1. The lowest BCUT2D eigenvalue weighted by molar-refractivity contribution is -0.0226. The summed E-state index contributed by atoms with van der Waals surface area (Å²) in [6, 6.07) is 5.49. The topological polar surface area (TPSA) is 55.6 Å². The molecule has 1 aliphatic heterocycles. The average Bonchev–Trinajstić information content (AvgIpc) is 2.37. The van der Waals surface area contributed by atoms with Crippen molar-refractivity contribution in [3.63, 3.8) is 0 Å². The standard InChI is InChI=1S/C14H20N2O2/c1-3-13-9-16(4-5-18-13)14(17)11-6-10(2)7-12(15)8-11/h6-8,13H,3-5,9,15H2,1-2H3. The highest BCUT2D eigenvalue weighted by Crippen LogP contribution is 2.16. The first-order valence-corrected chi connectivity index (χ1v) is 6.38. The van der Waals surface area contributed by atoms with E-state index in [1.807, 2.05) is 24.0 Å². The first kappa shape index (κ1) is 12.9. The number of amides is 1. The average molecular weight is 248 g/mol. The zero-order chi connectivity index (χ0) is 13.1. The predicted molar refractivity (Wildman–Crippen MR) is 71.5 cm³/mol. The van der Waals surface area contributed by atoms with Crippen LogP contribution in [0.15, 0.2) is 18.2 Å². The maximum Gasteiger partial charge on any atom is 0.254 e. The molecule has 0 radical (unpaired) electrons. The highest BCUT2D eigenvalue weighted by atomic mass is 16.5. The van der Waals surface area contributed by atoms with Crippen LogP contribution in [0.25, 0.3) is 0 Å². The van der Waals surface area contributed by atoms with E-state index in [1.165, 1.54) is 0 Å². The summed E-state index contributed by atoms with van der Waals surface area (Å²) in [6.45, 7) is 5.96. The highest BCUT2D eigenvalue weighted by molar-refractivity contribution is 5.95. The van der Waals surface area contributed by atoms with Crippen LogP contribution >= 0.6 is 0 Å². The minimum absolute atomic E-state index is 0.0483. The van der Waals surface area contributed by atoms with E-state index >= 15 is 0 Å². The molecular weight excluding hydrogens is 228 g/mol. The first-order chi connectivity index (χ1) is 8.60. The van der Waals surface area contributed by atoms with E-state index in [0.29, 0.717) is 30.9 Å². The third-order valence-electron chi connectivity index (χ3n) is 3.23. The molecule has 0 saturated carbocycles. The fourth-order valence-electron chi connectivity index (χ4n) is 2.27. The quantitative estimate of drug-likeness (QED) is 0.812. The molecule has 2 N–H and O–H groups in total. The van der Waals surface area contributed by atoms with Crippen LogP contribution in [-0.2, 0) is 4.74 Å². The molecule has 1 saturated heterocycles. The number of carbonyl (C=O) groups excluding carboxylic acids is 1. The molecule has 1 aliphatic rings. The molecule has 1 heterocycles. The maximum absolute atomic E-state index is 12.4. The molecule has 1 aromatic carbocycles. The van der Waals surface area contributed by atoms with Gasteiger partial charge in [-0.15, -0.1) is 0 Å². The van der Waals surface area contributed by atoms with Crippen molar-refractivity contribution < 1.29 is 9.53 Å². The number of rotatable bonds is 2. The van der Waals surface area contributed by atoms with Gasteiger partial charge in [-0.2, -0.15) is 0 Å². The van der Waals surface area contributed by atoms with Crippen molar-refractivity contribution in [2.45, 2.75) is 26.4 Å². The number of hydrogen-bond donors (Lipinski definition) is 1. The zero-order valence-corrected chi connectivity index (χ0v) is 11.0. The van der Waals surface area contributed by atoms with E-state index in [-0.39, 0.29) is 12.0 Å². The van der Waals surface area contributed by atoms with Crippen LogP contribution in [0.1, 0.15) is 29.3 Å². The Morgan fingerprint density at radius 2 is 2.28 bits per heavy atom. The first-order valence-electron chi connectivity index (χ1n) is 6.38. The Balaban J connectivity index is 2.15. The molecule has 4 nitrogen and oxygen atoms in total. The summed E-state index contributed by atoms with van der Waals surface area (Å²) in [5, 5.41) is 0. The van der Waals surface area contributed by atoms with Crippen LogP contribution in [0.5, 0.6) is 0 Å². The number of morpholine rings is 1. The van der Waals surface area contributed by atoms with E-state index in [0.717, 1.165) is 12.0 Å². The van der Waals surface area contributed by atoms with E-state index in [4.69, 9.17) is 10.5 Å².